The highest BCUT2D eigenvalue weighted by atomic mass is 16.6. The Morgan fingerprint density at radius 1 is 1.45 bits per heavy atom. The highest BCUT2D eigenvalue weighted by Gasteiger charge is 2.18. The van der Waals surface area contributed by atoms with Gasteiger partial charge in [0.2, 0.25) is 0 Å². The van der Waals surface area contributed by atoms with E-state index in [0.29, 0.717) is 11.3 Å². The number of rotatable bonds is 6. The molecule has 1 rings (SSSR count). The van der Waals surface area contributed by atoms with Crippen LogP contribution in [0.25, 0.3) is 0 Å². The number of nitro benzene ring substituents is 1. The molecule has 0 heterocycles. The minimum absolute atomic E-state index is 0.0109. The van der Waals surface area contributed by atoms with Crippen molar-refractivity contribution in [2.24, 2.45) is 0 Å². The van der Waals surface area contributed by atoms with E-state index in [2.05, 4.69) is 12.2 Å². The highest BCUT2D eigenvalue weighted by molar-refractivity contribution is 5.95. The van der Waals surface area contributed by atoms with Gasteiger partial charge in [-0.3, -0.25) is 14.9 Å². The zero-order chi connectivity index (χ0) is 15.3. The molecule has 0 aliphatic rings. The Morgan fingerprint density at radius 3 is 2.60 bits per heavy atom. The summed E-state index contributed by atoms with van der Waals surface area (Å²) in [4.78, 5) is 24.0. The molecule has 1 atom stereocenters. The maximum Gasteiger partial charge on any atom is 0.292 e. The number of nitrogens with zero attached hydrogens (tertiary/aromatic N) is 2. The lowest BCUT2D eigenvalue weighted by atomic mass is 10.1. The minimum Gasteiger partial charge on any atom is -0.377 e. The summed E-state index contributed by atoms with van der Waals surface area (Å²) >= 11 is 0. The lowest BCUT2D eigenvalue weighted by Gasteiger charge is -2.16. The molecule has 1 amide bonds. The average molecular weight is 279 g/mol. The first-order valence-electron chi connectivity index (χ1n) is 6.63. The summed E-state index contributed by atoms with van der Waals surface area (Å²) in [7, 11) is 3.30. The summed E-state index contributed by atoms with van der Waals surface area (Å²) in [6.07, 6.45) is 1.89. The van der Waals surface area contributed by atoms with Gasteiger partial charge in [-0.25, -0.2) is 0 Å². The maximum absolute atomic E-state index is 11.9. The smallest absolute Gasteiger partial charge is 0.292 e. The Kier molecular flexibility index (Phi) is 5.49. The monoisotopic (exact) mass is 279 g/mol. The molecule has 1 N–H and O–H groups in total. The van der Waals surface area contributed by atoms with Gasteiger partial charge in [0.05, 0.1) is 4.92 Å². The van der Waals surface area contributed by atoms with Gasteiger partial charge in [-0.2, -0.15) is 0 Å². The molecule has 6 nitrogen and oxygen atoms in total. The van der Waals surface area contributed by atoms with Gasteiger partial charge >= 0.3 is 0 Å². The lowest BCUT2D eigenvalue weighted by Crippen LogP contribution is -2.22. The van der Waals surface area contributed by atoms with E-state index < -0.39 is 4.92 Å². The molecule has 0 aliphatic heterocycles. The van der Waals surface area contributed by atoms with Crippen LogP contribution in [0.1, 0.15) is 37.0 Å². The summed E-state index contributed by atoms with van der Waals surface area (Å²) in [5.74, 6) is -0.175. The minimum atomic E-state index is -0.440. The summed E-state index contributed by atoms with van der Waals surface area (Å²) in [5, 5.41) is 14.2. The van der Waals surface area contributed by atoms with Gasteiger partial charge in [-0.05, 0) is 25.5 Å². The largest absolute Gasteiger partial charge is 0.377 e. The van der Waals surface area contributed by atoms with Crippen LogP contribution in [0.15, 0.2) is 18.2 Å². The second kappa shape index (κ2) is 6.88. The van der Waals surface area contributed by atoms with Crippen LogP contribution in [0.4, 0.5) is 11.4 Å². The summed E-state index contributed by atoms with van der Waals surface area (Å²) in [6.45, 7) is 4.02. The zero-order valence-corrected chi connectivity index (χ0v) is 12.3. The van der Waals surface area contributed by atoms with E-state index in [-0.39, 0.29) is 17.6 Å². The van der Waals surface area contributed by atoms with Crippen LogP contribution >= 0.6 is 0 Å². The van der Waals surface area contributed by atoms with Crippen LogP contribution in [0, 0.1) is 10.1 Å². The Hall–Kier alpha value is -2.11. The van der Waals surface area contributed by atoms with Crippen molar-refractivity contribution in [3.05, 3.63) is 33.9 Å². The Bertz CT molecular complexity index is 500. The van der Waals surface area contributed by atoms with Crippen molar-refractivity contribution in [3.63, 3.8) is 0 Å². The average Bonchev–Trinajstić information content (AvgIpc) is 2.37. The van der Waals surface area contributed by atoms with Gasteiger partial charge in [-0.15, -0.1) is 0 Å². The Labute approximate surface area is 118 Å². The van der Waals surface area contributed by atoms with Crippen molar-refractivity contribution in [3.8, 4) is 0 Å². The molecule has 0 saturated carbocycles. The van der Waals surface area contributed by atoms with Gasteiger partial charge in [-0.1, -0.05) is 13.3 Å². The molecule has 0 radical (unpaired) electrons. The standard InChI is InChI=1S/C14H21N3O3/c1-5-6-10(2)15-12-9-11(14(18)16(3)4)7-8-13(12)17(19)20/h7-10,15H,5-6H2,1-4H3. The van der Waals surface area contributed by atoms with E-state index in [1.165, 1.54) is 17.0 Å². The van der Waals surface area contributed by atoms with Crippen molar-refractivity contribution in [2.45, 2.75) is 32.7 Å². The molecule has 0 aromatic heterocycles. The number of carbonyl (C=O) groups is 1. The molecule has 0 bridgehead atoms. The topological polar surface area (TPSA) is 75.5 Å². The molecule has 0 saturated heterocycles. The zero-order valence-electron chi connectivity index (χ0n) is 12.3. The number of anilines is 1. The number of nitro groups is 1. The molecule has 6 heteroatoms. The Balaban J connectivity index is 3.12. The summed E-state index contributed by atoms with van der Waals surface area (Å²) < 4.78 is 0. The fourth-order valence-corrected chi connectivity index (χ4v) is 1.97. The summed E-state index contributed by atoms with van der Waals surface area (Å²) in [6, 6.07) is 4.52. The van der Waals surface area contributed by atoms with Crippen molar-refractivity contribution in [1.82, 2.24) is 4.90 Å². The first-order valence-corrected chi connectivity index (χ1v) is 6.63. The number of amides is 1. The fourth-order valence-electron chi connectivity index (χ4n) is 1.97. The van der Waals surface area contributed by atoms with Gasteiger partial charge in [0.25, 0.3) is 11.6 Å². The fraction of sp³-hybridized carbons (Fsp3) is 0.500. The first-order chi connectivity index (χ1) is 9.36. The lowest BCUT2D eigenvalue weighted by molar-refractivity contribution is -0.384. The second-order valence-corrected chi connectivity index (χ2v) is 5.02. The molecule has 1 aromatic rings. The number of hydrogen-bond acceptors (Lipinski definition) is 4. The van der Waals surface area contributed by atoms with E-state index in [9.17, 15) is 14.9 Å². The van der Waals surface area contributed by atoms with Crippen molar-refractivity contribution >= 4 is 17.3 Å². The maximum atomic E-state index is 11.9. The van der Waals surface area contributed by atoms with Crippen LogP contribution in [-0.4, -0.2) is 35.9 Å². The van der Waals surface area contributed by atoms with Gasteiger partial charge in [0.15, 0.2) is 0 Å². The number of nitrogens with one attached hydrogen (secondary N) is 1. The third-order valence-corrected chi connectivity index (χ3v) is 2.97. The van der Waals surface area contributed by atoms with Crippen LogP contribution in [0.5, 0.6) is 0 Å². The summed E-state index contributed by atoms with van der Waals surface area (Å²) in [5.41, 5.74) is 0.818. The van der Waals surface area contributed by atoms with Crippen LogP contribution < -0.4 is 5.32 Å². The molecule has 20 heavy (non-hydrogen) atoms. The molecule has 1 aromatic carbocycles. The van der Waals surface area contributed by atoms with Crippen LogP contribution in [0.2, 0.25) is 0 Å². The number of benzene rings is 1. The third-order valence-electron chi connectivity index (χ3n) is 2.97. The molecule has 0 spiro atoms. The van der Waals surface area contributed by atoms with E-state index in [1.54, 1.807) is 20.2 Å². The van der Waals surface area contributed by atoms with Crippen LogP contribution in [-0.2, 0) is 0 Å². The normalized spacial score (nSPS) is 11.8. The SMILES string of the molecule is CCCC(C)Nc1cc(C(=O)N(C)C)ccc1[N+](=O)[O-]. The molecular formula is C14H21N3O3. The molecule has 110 valence electrons. The molecule has 0 fully saturated rings. The number of carbonyl (C=O) groups excluding carboxylic acids is 1. The van der Waals surface area contributed by atoms with E-state index in [1.807, 2.05) is 6.92 Å². The molecular weight excluding hydrogens is 258 g/mol. The molecule has 1 unspecified atom stereocenters. The van der Waals surface area contributed by atoms with Crippen molar-refractivity contribution in [1.29, 1.82) is 0 Å². The van der Waals surface area contributed by atoms with Gasteiger partial charge in [0.1, 0.15) is 5.69 Å². The van der Waals surface area contributed by atoms with E-state index in [0.717, 1.165) is 12.8 Å². The second-order valence-electron chi connectivity index (χ2n) is 5.02. The van der Waals surface area contributed by atoms with E-state index in [4.69, 9.17) is 0 Å². The van der Waals surface area contributed by atoms with Crippen molar-refractivity contribution < 1.29 is 9.72 Å². The number of hydrogen-bond donors (Lipinski definition) is 1. The van der Waals surface area contributed by atoms with E-state index >= 15 is 0 Å². The third kappa shape index (κ3) is 3.94. The van der Waals surface area contributed by atoms with Crippen molar-refractivity contribution in [2.75, 3.05) is 19.4 Å². The van der Waals surface area contributed by atoms with Gasteiger partial charge in [0, 0.05) is 31.8 Å². The predicted octanol–water partition coefficient (Wildman–Crippen LogP) is 2.90. The first kappa shape index (κ1) is 15.9. The quantitative estimate of drug-likeness (QED) is 0.641. The van der Waals surface area contributed by atoms with Crippen LogP contribution in [0.3, 0.4) is 0 Å². The van der Waals surface area contributed by atoms with Gasteiger partial charge < -0.3 is 10.2 Å². The molecule has 0 aliphatic carbocycles. The Morgan fingerprint density at radius 2 is 2.10 bits per heavy atom. The predicted molar refractivity (Wildman–Crippen MR) is 79.1 cm³/mol. The highest BCUT2D eigenvalue weighted by Crippen LogP contribution is 2.27.